The van der Waals surface area contributed by atoms with Crippen molar-refractivity contribution in [3.8, 4) is 0 Å². The fourth-order valence-corrected chi connectivity index (χ4v) is 1.05. The zero-order chi connectivity index (χ0) is 8.27. The van der Waals surface area contributed by atoms with Gasteiger partial charge in [-0.25, -0.2) is 0 Å². The van der Waals surface area contributed by atoms with Crippen LogP contribution < -0.4 is 0 Å². The first-order valence-corrected chi connectivity index (χ1v) is 3.73. The van der Waals surface area contributed by atoms with Gasteiger partial charge >= 0.3 is 0 Å². The molecule has 59 valence electrons. The SMILES string of the molecule is CN(C)Cc1cn[c]c(Cl)c1. The molecule has 0 amide bonds. The van der Waals surface area contributed by atoms with Crippen molar-refractivity contribution in [2.45, 2.75) is 6.54 Å². The molecule has 0 aliphatic rings. The Balaban J connectivity index is 2.71. The largest absolute Gasteiger partial charge is 0.305 e. The number of halogens is 1. The summed E-state index contributed by atoms with van der Waals surface area (Å²) in [7, 11) is 4.01. The topological polar surface area (TPSA) is 16.1 Å². The van der Waals surface area contributed by atoms with Gasteiger partial charge in [0.15, 0.2) is 0 Å². The van der Waals surface area contributed by atoms with Crippen LogP contribution in [0.1, 0.15) is 5.56 Å². The molecule has 0 bridgehead atoms. The van der Waals surface area contributed by atoms with E-state index in [1.807, 2.05) is 20.2 Å². The Hall–Kier alpha value is -0.600. The summed E-state index contributed by atoms with van der Waals surface area (Å²) in [6.07, 6.45) is 4.41. The Morgan fingerprint density at radius 3 is 2.91 bits per heavy atom. The monoisotopic (exact) mass is 169 g/mol. The van der Waals surface area contributed by atoms with Gasteiger partial charge < -0.3 is 4.90 Å². The van der Waals surface area contributed by atoms with E-state index in [9.17, 15) is 0 Å². The summed E-state index contributed by atoms with van der Waals surface area (Å²) in [5, 5.41) is 0.573. The molecule has 1 aromatic rings. The van der Waals surface area contributed by atoms with E-state index >= 15 is 0 Å². The first-order valence-electron chi connectivity index (χ1n) is 3.35. The van der Waals surface area contributed by atoms with Gasteiger partial charge in [-0.3, -0.25) is 4.98 Å². The zero-order valence-corrected chi connectivity index (χ0v) is 7.39. The van der Waals surface area contributed by atoms with Crippen molar-refractivity contribution < 1.29 is 0 Å². The summed E-state index contributed by atoms with van der Waals surface area (Å²) < 4.78 is 0. The van der Waals surface area contributed by atoms with E-state index in [-0.39, 0.29) is 0 Å². The zero-order valence-electron chi connectivity index (χ0n) is 6.63. The number of rotatable bonds is 2. The number of hydrogen-bond donors (Lipinski definition) is 0. The van der Waals surface area contributed by atoms with Gasteiger partial charge in [-0.2, -0.15) is 0 Å². The van der Waals surface area contributed by atoms with Gasteiger partial charge in [-0.05, 0) is 25.7 Å². The second-order valence-electron chi connectivity index (χ2n) is 2.67. The minimum Gasteiger partial charge on any atom is -0.305 e. The highest BCUT2D eigenvalue weighted by molar-refractivity contribution is 6.30. The molecule has 1 heterocycles. The lowest BCUT2D eigenvalue weighted by atomic mass is 10.3. The van der Waals surface area contributed by atoms with E-state index in [4.69, 9.17) is 11.6 Å². The van der Waals surface area contributed by atoms with E-state index < -0.39 is 0 Å². The second-order valence-corrected chi connectivity index (χ2v) is 3.08. The summed E-state index contributed by atoms with van der Waals surface area (Å²) >= 11 is 5.69. The molecule has 2 nitrogen and oxygen atoms in total. The summed E-state index contributed by atoms with van der Waals surface area (Å²) in [5.74, 6) is 0. The molecular formula is C8H10ClN2. The van der Waals surface area contributed by atoms with Crippen molar-refractivity contribution in [2.75, 3.05) is 14.1 Å². The predicted molar refractivity (Wildman–Crippen MR) is 45.5 cm³/mol. The van der Waals surface area contributed by atoms with Crippen LogP contribution >= 0.6 is 11.6 Å². The summed E-state index contributed by atoms with van der Waals surface area (Å²) in [4.78, 5) is 5.92. The third-order valence-corrected chi connectivity index (χ3v) is 1.41. The van der Waals surface area contributed by atoms with Crippen LogP contribution in [0, 0.1) is 6.20 Å². The second kappa shape index (κ2) is 3.69. The molecule has 1 radical (unpaired) electrons. The van der Waals surface area contributed by atoms with Crippen molar-refractivity contribution in [3.63, 3.8) is 0 Å². The van der Waals surface area contributed by atoms with Crippen LogP contribution in [0.5, 0.6) is 0 Å². The first kappa shape index (κ1) is 8.50. The minimum absolute atomic E-state index is 0.573. The average molecular weight is 170 g/mol. The molecule has 0 aliphatic heterocycles. The van der Waals surface area contributed by atoms with Crippen LogP contribution in [-0.2, 0) is 6.54 Å². The van der Waals surface area contributed by atoms with Crippen LogP contribution in [0.15, 0.2) is 12.3 Å². The molecule has 11 heavy (non-hydrogen) atoms. The molecule has 0 N–H and O–H groups in total. The molecule has 0 unspecified atom stereocenters. The van der Waals surface area contributed by atoms with Gasteiger partial charge in [-0.1, -0.05) is 11.6 Å². The maximum Gasteiger partial charge on any atom is 0.109 e. The van der Waals surface area contributed by atoms with E-state index in [0.717, 1.165) is 12.1 Å². The third kappa shape index (κ3) is 2.87. The maximum absolute atomic E-state index is 5.69. The van der Waals surface area contributed by atoms with Crippen molar-refractivity contribution in [1.82, 2.24) is 9.88 Å². The van der Waals surface area contributed by atoms with Gasteiger partial charge in [0, 0.05) is 12.7 Å². The lowest BCUT2D eigenvalue weighted by molar-refractivity contribution is 0.402. The standard InChI is InChI=1S/C8H10ClN2/c1-11(2)6-7-3-8(9)5-10-4-7/h3-4H,6H2,1-2H3. The smallest absolute Gasteiger partial charge is 0.109 e. The van der Waals surface area contributed by atoms with Gasteiger partial charge in [-0.15, -0.1) is 0 Å². The van der Waals surface area contributed by atoms with Crippen LogP contribution in [0.3, 0.4) is 0 Å². The normalized spacial score (nSPS) is 10.5. The number of aromatic nitrogens is 1. The predicted octanol–water partition coefficient (Wildman–Crippen LogP) is 1.60. The van der Waals surface area contributed by atoms with Crippen LogP contribution in [0.25, 0.3) is 0 Å². The molecule has 0 aromatic carbocycles. The molecular weight excluding hydrogens is 160 g/mol. The summed E-state index contributed by atoms with van der Waals surface area (Å²) in [5.41, 5.74) is 1.11. The quantitative estimate of drug-likeness (QED) is 0.669. The molecule has 0 atom stereocenters. The van der Waals surface area contributed by atoms with Gasteiger partial charge in [0.2, 0.25) is 0 Å². The summed E-state index contributed by atoms with van der Waals surface area (Å²) in [6.45, 7) is 0.862. The molecule has 0 saturated carbocycles. The van der Waals surface area contributed by atoms with Gasteiger partial charge in [0.25, 0.3) is 0 Å². The fraction of sp³-hybridized carbons (Fsp3) is 0.375. The van der Waals surface area contributed by atoms with E-state index in [1.165, 1.54) is 0 Å². The van der Waals surface area contributed by atoms with Crippen molar-refractivity contribution in [3.05, 3.63) is 29.0 Å². The van der Waals surface area contributed by atoms with Gasteiger partial charge in [0.1, 0.15) is 6.20 Å². The maximum atomic E-state index is 5.69. The number of hydrogen-bond acceptors (Lipinski definition) is 2. The Labute approximate surface area is 71.8 Å². The highest BCUT2D eigenvalue weighted by atomic mass is 35.5. The van der Waals surface area contributed by atoms with Crippen molar-refractivity contribution in [2.24, 2.45) is 0 Å². The first-order chi connectivity index (χ1) is 5.18. The van der Waals surface area contributed by atoms with Crippen LogP contribution in [0.4, 0.5) is 0 Å². The summed E-state index contributed by atoms with van der Waals surface area (Å²) in [6, 6.07) is 1.87. The molecule has 1 rings (SSSR count). The van der Waals surface area contributed by atoms with Crippen molar-refractivity contribution in [1.29, 1.82) is 0 Å². The Morgan fingerprint density at radius 2 is 2.36 bits per heavy atom. The molecule has 0 fully saturated rings. The Kier molecular flexibility index (Phi) is 2.85. The molecule has 0 spiro atoms. The van der Waals surface area contributed by atoms with E-state index in [0.29, 0.717) is 5.02 Å². The minimum atomic E-state index is 0.573. The molecule has 0 aliphatic carbocycles. The Bertz CT molecular complexity index is 235. The fourth-order valence-electron chi connectivity index (χ4n) is 0.861. The molecule has 0 saturated heterocycles. The van der Waals surface area contributed by atoms with Crippen molar-refractivity contribution >= 4 is 11.6 Å². The highest BCUT2D eigenvalue weighted by Crippen LogP contribution is 2.08. The van der Waals surface area contributed by atoms with Gasteiger partial charge in [0.05, 0.1) is 5.02 Å². The molecule has 3 heteroatoms. The average Bonchev–Trinajstić information content (AvgIpc) is 1.85. The number of nitrogens with zero attached hydrogens (tertiary/aromatic N) is 2. The molecule has 1 aromatic heterocycles. The van der Waals surface area contributed by atoms with E-state index in [1.54, 1.807) is 6.20 Å². The van der Waals surface area contributed by atoms with Crippen LogP contribution in [0.2, 0.25) is 5.02 Å². The van der Waals surface area contributed by atoms with E-state index in [2.05, 4.69) is 16.1 Å². The van der Waals surface area contributed by atoms with Crippen LogP contribution in [-0.4, -0.2) is 24.0 Å². The lowest BCUT2D eigenvalue weighted by Crippen LogP contribution is -2.10. The number of pyridine rings is 1. The lowest BCUT2D eigenvalue weighted by Gasteiger charge is -2.08. The Morgan fingerprint density at radius 1 is 1.64 bits per heavy atom. The highest BCUT2D eigenvalue weighted by Gasteiger charge is 1.95. The third-order valence-electron chi connectivity index (χ3n) is 1.21.